The number of fused-ring (bicyclic) bond motifs is 2. The van der Waals surface area contributed by atoms with Crippen LogP contribution in [0, 0.1) is 0 Å². The summed E-state index contributed by atoms with van der Waals surface area (Å²) in [5, 5.41) is 5.30. The molecular formula is C17H14N2O6. The van der Waals surface area contributed by atoms with Gasteiger partial charge in [-0.1, -0.05) is 0 Å². The van der Waals surface area contributed by atoms with Crippen molar-refractivity contribution < 1.29 is 28.5 Å². The molecular weight excluding hydrogens is 328 g/mol. The quantitative estimate of drug-likeness (QED) is 0.827. The Bertz CT molecular complexity index is 782. The highest BCUT2D eigenvalue weighted by Crippen LogP contribution is 2.35. The van der Waals surface area contributed by atoms with Crippen molar-refractivity contribution in [3.8, 4) is 23.0 Å². The van der Waals surface area contributed by atoms with Crippen LogP contribution in [0.4, 0.5) is 11.4 Å². The molecule has 2 aliphatic rings. The molecule has 2 aliphatic heterocycles. The van der Waals surface area contributed by atoms with E-state index < -0.39 is 11.8 Å². The van der Waals surface area contributed by atoms with Gasteiger partial charge in [0.25, 0.3) is 0 Å². The standard InChI is InChI=1S/C17H14N2O6/c20-16(18-10-1-3-12-14(5-10)24-8-22-12)7-17(21)19-11-2-4-13-15(6-11)25-9-23-13/h1-6H,7-9H2,(H,18,20)(H,19,21). The van der Waals surface area contributed by atoms with Gasteiger partial charge < -0.3 is 29.6 Å². The average molecular weight is 342 g/mol. The van der Waals surface area contributed by atoms with Gasteiger partial charge in [-0.2, -0.15) is 0 Å². The number of nitrogens with one attached hydrogen (secondary N) is 2. The molecule has 4 rings (SSSR count). The van der Waals surface area contributed by atoms with Crippen molar-refractivity contribution in [2.75, 3.05) is 24.2 Å². The van der Waals surface area contributed by atoms with Gasteiger partial charge in [0.2, 0.25) is 25.4 Å². The van der Waals surface area contributed by atoms with E-state index in [0.29, 0.717) is 34.4 Å². The molecule has 25 heavy (non-hydrogen) atoms. The minimum Gasteiger partial charge on any atom is -0.454 e. The van der Waals surface area contributed by atoms with Gasteiger partial charge in [-0.25, -0.2) is 0 Å². The number of hydrogen-bond acceptors (Lipinski definition) is 6. The van der Waals surface area contributed by atoms with Crippen molar-refractivity contribution in [2.45, 2.75) is 6.42 Å². The summed E-state index contributed by atoms with van der Waals surface area (Å²) in [5.74, 6) is 1.50. The van der Waals surface area contributed by atoms with Crippen LogP contribution in [0.3, 0.4) is 0 Å². The minimum absolute atomic E-state index is 0.157. The predicted octanol–water partition coefficient (Wildman–Crippen LogP) is 2.11. The zero-order chi connectivity index (χ0) is 17.2. The Morgan fingerprint density at radius 1 is 0.720 bits per heavy atom. The first-order chi connectivity index (χ1) is 12.2. The Morgan fingerprint density at radius 2 is 1.16 bits per heavy atom. The molecule has 2 heterocycles. The highest BCUT2D eigenvalue weighted by Gasteiger charge is 2.17. The summed E-state index contributed by atoms with van der Waals surface area (Å²) in [6, 6.07) is 10.1. The first-order valence-electron chi connectivity index (χ1n) is 7.56. The van der Waals surface area contributed by atoms with E-state index in [-0.39, 0.29) is 20.0 Å². The Labute approximate surface area is 142 Å². The molecule has 0 atom stereocenters. The summed E-state index contributed by atoms with van der Waals surface area (Å²) in [7, 11) is 0. The van der Waals surface area contributed by atoms with Crippen LogP contribution < -0.4 is 29.6 Å². The van der Waals surface area contributed by atoms with Crippen molar-refractivity contribution in [1.29, 1.82) is 0 Å². The first kappa shape index (κ1) is 15.1. The fourth-order valence-corrected chi connectivity index (χ4v) is 2.50. The summed E-state index contributed by atoms with van der Waals surface area (Å²) >= 11 is 0. The van der Waals surface area contributed by atoms with Crippen LogP contribution >= 0.6 is 0 Å². The molecule has 0 aliphatic carbocycles. The summed E-state index contributed by atoms with van der Waals surface area (Å²) < 4.78 is 20.9. The second kappa shape index (κ2) is 6.23. The maximum absolute atomic E-state index is 12.0. The minimum atomic E-state index is -0.433. The highest BCUT2D eigenvalue weighted by atomic mass is 16.7. The zero-order valence-corrected chi connectivity index (χ0v) is 13.0. The number of benzene rings is 2. The van der Waals surface area contributed by atoms with Gasteiger partial charge >= 0.3 is 0 Å². The van der Waals surface area contributed by atoms with Crippen LogP contribution in [0.5, 0.6) is 23.0 Å². The lowest BCUT2D eigenvalue weighted by molar-refractivity contribution is -0.123. The number of hydrogen-bond donors (Lipinski definition) is 2. The molecule has 0 radical (unpaired) electrons. The maximum atomic E-state index is 12.0. The first-order valence-corrected chi connectivity index (χ1v) is 7.56. The fourth-order valence-electron chi connectivity index (χ4n) is 2.50. The smallest absolute Gasteiger partial charge is 0.233 e. The second-order valence-corrected chi connectivity index (χ2v) is 5.41. The largest absolute Gasteiger partial charge is 0.454 e. The number of rotatable bonds is 4. The molecule has 8 nitrogen and oxygen atoms in total. The van der Waals surface area contributed by atoms with Gasteiger partial charge in [0, 0.05) is 23.5 Å². The van der Waals surface area contributed by atoms with E-state index in [2.05, 4.69) is 10.6 Å². The van der Waals surface area contributed by atoms with Crippen molar-refractivity contribution in [1.82, 2.24) is 0 Å². The molecule has 2 aromatic rings. The zero-order valence-electron chi connectivity index (χ0n) is 13.0. The van der Waals surface area contributed by atoms with Crippen molar-refractivity contribution in [3.05, 3.63) is 36.4 Å². The molecule has 2 amide bonds. The molecule has 0 saturated carbocycles. The molecule has 0 aromatic heterocycles. The summed E-state index contributed by atoms with van der Waals surface area (Å²) in [6.07, 6.45) is -0.317. The lowest BCUT2D eigenvalue weighted by Gasteiger charge is -2.08. The Hall–Kier alpha value is -3.42. The van der Waals surface area contributed by atoms with E-state index in [1.165, 1.54) is 0 Å². The molecule has 0 unspecified atom stereocenters. The maximum Gasteiger partial charge on any atom is 0.233 e. The van der Waals surface area contributed by atoms with Gasteiger partial charge in [-0.15, -0.1) is 0 Å². The van der Waals surface area contributed by atoms with Crippen LogP contribution in [0.25, 0.3) is 0 Å². The monoisotopic (exact) mass is 342 g/mol. The fraction of sp³-hybridized carbons (Fsp3) is 0.176. The lowest BCUT2D eigenvalue weighted by Crippen LogP contribution is -2.21. The molecule has 2 aromatic carbocycles. The van der Waals surface area contributed by atoms with Crippen LogP contribution in [-0.2, 0) is 9.59 Å². The summed E-state index contributed by atoms with van der Waals surface area (Å²) in [6.45, 7) is 0.315. The van der Waals surface area contributed by atoms with Crippen LogP contribution in [0.15, 0.2) is 36.4 Å². The van der Waals surface area contributed by atoms with Gasteiger partial charge in [0.1, 0.15) is 6.42 Å². The van der Waals surface area contributed by atoms with E-state index in [0.717, 1.165) is 0 Å². The normalized spacial score (nSPS) is 13.4. The molecule has 0 saturated heterocycles. The van der Waals surface area contributed by atoms with Crippen LogP contribution in [0.1, 0.15) is 6.42 Å². The third-order valence-corrected chi connectivity index (χ3v) is 3.63. The molecule has 0 spiro atoms. The number of amides is 2. The molecule has 2 N–H and O–H groups in total. The number of ether oxygens (including phenoxy) is 4. The van der Waals surface area contributed by atoms with E-state index in [9.17, 15) is 9.59 Å². The number of anilines is 2. The number of carbonyl (C=O) groups is 2. The van der Waals surface area contributed by atoms with E-state index in [1.807, 2.05) is 0 Å². The number of carbonyl (C=O) groups excluding carboxylic acids is 2. The van der Waals surface area contributed by atoms with E-state index >= 15 is 0 Å². The SMILES string of the molecule is O=C(CC(=O)Nc1ccc2c(c1)OCO2)Nc1ccc2c(c1)OCO2. The molecule has 0 bridgehead atoms. The molecule has 8 heteroatoms. The molecule has 0 fully saturated rings. The highest BCUT2D eigenvalue weighted by molar-refractivity contribution is 6.08. The third-order valence-electron chi connectivity index (χ3n) is 3.63. The summed E-state index contributed by atoms with van der Waals surface area (Å²) in [4.78, 5) is 24.0. The average Bonchev–Trinajstić information content (AvgIpc) is 3.22. The van der Waals surface area contributed by atoms with Crippen molar-refractivity contribution >= 4 is 23.2 Å². The lowest BCUT2D eigenvalue weighted by atomic mass is 10.2. The predicted molar refractivity (Wildman–Crippen MR) is 87.0 cm³/mol. The van der Waals surface area contributed by atoms with E-state index in [1.54, 1.807) is 36.4 Å². The van der Waals surface area contributed by atoms with Crippen LogP contribution in [0.2, 0.25) is 0 Å². The second-order valence-electron chi connectivity index (χ2n) is 5.41. The third kappa shape index (κ3) is 3.27. The Morgan fingerprint density at radius 3 is 1.64 bits per heavy atom. The Balaban J connectivity index is 1.33. The van der Waals surface area contributed by atoms with Gasteiger partial charge in [0.05, 0.1) is 0 Å². The van der Waals surface area contributed by atoms with Crippen molar-refractivity contribution in [3.63, 3.8) is 0 Å². The van der Waals surface area contributed by atoms with E-state index in [4.69, 9.17) is 18.9 Å². The van der Waals surface area contributed by atoms with Crippen LogP contribution in [-0.4, -0.2) is 25.4 Å². The summed E-state index contributed by atoms with van der Waals surface area (Å²) in [5.41, 5.74) is 1.07. The molecule has 128 valence electrons. The van der Waals surface area contributed by atoms with Gasteiger partial charge in [0.15, 0.2) is 23.0 Å². The Kier molecular flexibility index (Phi) is 3.77. The van der Waals surface area contributed by atoms with Crippen molar-refractivity contribution in [2.24, 2.45) is 0 Å². The topological polar surface area (TPSA) is 95.1 Å². The van der Waals surface area contributed by atoms with Gasteiger partial charge in [-0.05, 0) is 24.3 Å². The van der Waals surface area contributed by atoms with Gasteiger partial charge in [-0.3, -0.25) is 9.59 Å².